The third-order valence-corrected chi connectivity index (χ3v) is 3.05. The molecule has 4 nitrogen and oxygen atoms in total. The Bertz CT molecular complexity index is 656. The van der Waals surface area contributed by atoms with Gasteiger partial charge in [-0.1, -0.05) is 20.8 Å². The zero-order valence-corrected chi connectivity index (χ0v) is 15.6. The van der Waals surface area contributed by atoms with Gasteiger partial charge in [0, 0.05) is 11.8 Å². The summed E-state index contributed by atoms with van der Waals surface area (Å²) in [5.41, 5.74) is 17.8. The van der Waals surface area contributed by atoms with E-state index >= 15 is 0 Å². The highest BCUT2D eigenvalue weighted by molar-refractivity contribution is 5.45. The van der Waals surface area contributed by atoms with E-state index in [1.54, 1.807) is 19.1 Å². The Kier molecular flexibility index (Phi) is 9.53. The standard InChI is InChI=1S/C7H8FNO.C7H8FN.C5H13N/c1-10-5-2-3-7(9)6(8)4-5;1-5-4-6(8)2-3-7(5)9;1-5(2,3)4-6/h2-4H,9H2,1H3;2-4H,9H2,1H3;4,6H2,1-3H3. The number of methoxy groups -OCH3 is 1. The molecule has 0 spiro atoms. The van der Waals surface area contributed by atoms with Crippen molar-refractivity contribution in [2.24, 2.45) is 11.1 Å². The van der Waals surface area contributed by atoms with E-state index < -0.39 is 5.82 Å². The summed E-state index contributed by atoms with van der Waals surface area (Å²) >= 11 is 0. The number of anilines is 2. The van der Waals surface area contributed by atoms with Crippen LogP contribution in [-0.2, 0) is 0 Å². The third-order valence-electron chi connectivity index (χ3n) is 3.05. The zero-order valence-electron chi connectivity index (χ0n) is 15.6. The molecule has 0 atom stereocenters. The van der Waals surface area contributed by atoms with Crippen LogP contribution in [0.3, 0.4) is 0 Å². The van der Waals surface area contributed by atoms with Crippen molar-refractivity contribution in [3.05, 3.63) is 53.6 Å². The average Bonchev–Trinajstić information content (AvgIpc) is 2.54. The van der Waals surface area contributed by atoms with E-state index in [0.29, 0.717) is 16.9 Å². The molecule has 6 heteroatoms. The molecule has 0 aliphatic rings. The van der Waals surface area contributed by atoms with Crippen LogP contribution in [0.2, 0.25) is 0 Å². The second-order valence-electron chi connectivity index (χ2n) is 6.65. The van der Waals surface area contributed by atoms with Crippen molar-refractivity contribution >= 4 is 11.4 Å². The Hall–Kier alpha value is -2.34. The minimum absolute atomic E-state index is 0.140. The number of hydrogen-bond donors (Lipinski definition) is 3. The van der Waals surface area contributed by atoms with E-state index in [-0.39, 0.29) is 11.5 Å². The third kappa shape index (κ3) is 10.2. The molecule has 0 bridgehead atoms. The van der Waals surface area contributed by atoms with Crippen LogP contribution in [0.25, 0.3) is 0 Å². The molecule has 140 valence electrons. The summed E-state index contributed by atoms with van der Waals surface area (Å²) in [6, 6.07) is 8.64. The lowest BCUT2D eigenvalue weighted by Crippen LogP contribution is -2.18. The summed E-state index contributed by atoms with van der Waals surface area (Å²) in [5, 5.41) is 0. The van der Waals surface area contributed by atoms with Crippen LogP contribution in [0, 0.1) is 24.0 Å². The molecule has 0 unspecified atom stereocenters. The highest BCUT2D eigenvalue weighted by Crippen LogP contribution is 2.16. The van der Waals surface area contributed by atoms with Gasteiger partial charge in [0.15, 0.2) is 0 Å². The average molecular weight is 353 g/mol. The van der Waals surface area contributed by atoms with Crippen molar-refractivity contribution in [2.45, 2.75) is 27.7 Å². The van der Waals surface area contributed by atoms with Crippen LogP contribution in [0.1, 0.15) is 26.3 Å². The molecular formula is C19H29F2N3O. The number of benzene rings is 2. The lowest BCUT2D eigenvalue weighted by Gasteiger charge is -2.12. The molecular weight excluding hydrogens is 324 g/mol. The Morgan fingerprint density at radius 2 is 1.48 bits per heavy atom. The summed E-state index contributed by atoms with van der Waals surface area (Å²) in [5.74, 6) is -0.201. The van der Waals surface area contributed by atoms with Crippen LogP contribution in [-0.4, -0.2) is 13.7 Å². The van der Waals surface area contributed by atoms with Gasteiger partial charge >= 0.3 is 0 Å². The van der Waals surface area contributed by atoms with Crippen molar-refractivity contribution in [1.82, 2.24) is 0 Å². The fourth-order valence-electron chi connectivity index (χ4n) is 1.27. The SMILES string of the molecule is CC(C)(C)CN.COc1ccc(N)c(F)c1.Cc1cc(F)ccc1N. The first-order chi connectivity index (χ1) is 11.5. The predicted octanol–water partition coefficient (Wildman–Crippen LogP) is 4.12. The van der Waals surface area contributed by atoms with Crippen molar-refractivity contribution in [3.63, 3.8) is 0 Å². The van der Waals surface area contributed by atoms with Gasteiger partial charge in [0.25, 0.3) is 0 Å². The highest BCUT2D eigenvalue weighted by atomic mass is 19.1. The first-order valence-corrected chi connectivity index (χ1v) is 7.81. The minimum atomic E-state index is -0.445. The molecule has 0 amide bonds. The maximum absolute atomic E-state index is 12.6. The van der Waals surface area contributed by atoms with E-state index in [2.05, 4.69) is 20.8 Å². The molecule has 0 heterocycles. The number of rotatable bonds is 1. The quantitative estimate of drug-likeness (QED) is 0.673. The van der Waals surface area contributed by atoms with E-state index in [1.165, 1.54) is 31.4 Å². The van der Waals surface area contributed by atoms with E-state index in [9.17, 15) is 8.78 Å². The van der Waals surface area contributed by atoms with Gasteiger partial charge < -0.3 is 21.9 Å². The molecule has 0 radical (unpaired) electrons. The zero-order chi connectivity index (χ0) is 19.6. The van der Waals surface area contributed by atoms with Gasteiger partial charge in [-0.15, -0.1) is 0 Å². The molecule has 2 aromatic rings. The van der Waals surface area contributed by atoms with Gasteiger partial charge in [-0.05, 0) is 54.8 Å². The van der Waals surface area contributed by atoms with Gasteiger partial charge in [0.2, 0.25) is 0 Å². The van der Waals surface area contributed by atoms with Crippen LogP contribution < -0.4 is 21.9 Å². The molecule has 2 aromatic carbocycles. The normalized spacial score (nSPS) is 10.1. The second-order valence-corrected chi connectivity index (χ2v) is 6.65. The summed E-state index contributed by atoms with van der Waals surface area (Å²) in [7, 11) is 1.48. The van der Waals surface area contributed by atoms with Crippen molar-refractivity contribution in [1.29, 1.82) is 0 Å². The molecule has 0 aliphatic carbocycles. The minimum Gasteiger partial charge on any atom is -0.497 e. The summed E-state index contributed by atoms with van der Waals surface area (Å²) in [4.78, 5) is 0. The van der Waals surface area contributed by atoms with E-state index in [0.717, 1.165) is 12.1 Å². The lowest BCUT2D eigenvalue weighted by molar-refractivity contribution is 0.411. The Morgan fingerprint density at radius 3 is 1.84 bits per heavy atom. The number of halogens is 2. The van der Waals surface area contributed by atoms with Crippen LogP contribution >= 0.6 is 0 Å². The lowest BCUT2D eigenvalue weighted by atomic mass is 9.98. The molecule has 6 N–H and O–H groups in total. The number of hydrogen-bond acceptors (Lipinski definition) is 4. The number of nitrogen functional groups attached to an aromatic ring is 2. The second kappa shape index (κ2) is 10.5. The molecule has 0 aliphatic heterocycles. The van der Waals surface area contributed by atoms with Gasteiger partial charge in [-0.3, -0.25) is 0 Å². The van der Waals surface area contributed by atoms with Crippen molar-refractivity contribution in [2.75, 3.05) is 25.1 Å². The van der Waals surface area contributed by atoms with Gasteiger partial charge in [0.1, 0.15) is 17.4 Å². The fourth-order valence-corrected chi connectivity index (χ4v) is 1.27. The number of aryl methyl sites for hydroxylation is 1. The number of nitrogens with two attached hydrogens (primary N) is 3. The van der Waals surface area contributed by atoms with Crippen LogP contribution in [0.4, 0.5) is 20.2 Å². The largest absolute Gasteiger partial charge is 0.497 e. The summed E-state index contributed by atoms with van der Waals surface area (Å²) in [6.07, 6.45) is 0. The number of ether oxygens (including phenoxy) is 1. The Balaban J connectivity index is 0.000000358. The van der Waals surface area contributed by atoms with E-state index in [4.69, 9.17) is 21.9 Å². The molecule has 25 heavy (non-hydrogen) atoms. The van der Waals surface area contributed by atoms with Crippen LogP contribution in [0.5, 0.6) is 5.75 Å². The predicted molar refractivity (Wildman–Crippen MR) is 101 cm³/mol. The monoisotopic (exact) mass is 353 g/mol. The maximum Gasteiger partial charge on any atom is 0.149 e. The van der Waals surface area contributed by atoms with Crippen LogP contribution in [0.15, 0.2) is 36.4 Å². The molecule has 0 fully saturated rings. The maximum atomic E-state index is 12.6. The van der Waals surface area contributed by atoms with Gasteiger partial charge in [0.05, 0.1) is 12.8 Å². The first kappa shape index (κ1) is 22.7. The Labute approximate surface area is 149 Å². The highest BCUT2D eigenvalue weighted by Gasteiger charge is 2.03. The van der Waals surface area contributed by atoms with Crippen molar-refractivity contribution < 1.29 is 13.5 Å². The van der Waals surface area contributed by atoms with E-state index in [1.807, 2.05) is 0 Å². The molecule has 0 saturated carbocycles. The molecule has 2 rings (SSSR count). The van der Waals surface area contributed by atoms with Crippen molar-refractivity contribution in [3.8, 4) is 5.75 Å². The first-order valence-electron chi connectivity index (χ1n) is 7.81. The summed E-state index contributed by atoms with van der Waals surface area (Å²) < 4.78 is 29.6. The van der Waals surface area contributed by atoms with Gasteiger partial charge in [-0.25, -0.2) is 8.78 Å². The smallest absolute Gasteiger partial charge is 0.149 e. The fraction of sp³-hybridized carbons (Fsp3) is 0.368. The Morgan fingerprint density at radius 1 is 0.960 bits per heavy atom. The topological polar surface area (TPSA) is 87.3 Å². The summed E-state index contributed by atoms with van der Waals surface area (Å²) in [6.45, 7) is 8.90. The molecule has 0 aromatic heterocycles. The van der Waals surface area contributed by atoms with Gasteiger partial charge in [-0.2, -0.15) is 0 Å². The molecule has 0 saturated heterocycles.